The van der Waals surface area contributed by atoms with Gasteiger partial charge >= 0.3 is 0 Å². The number of para-hydroxylation sites is 1. The van der Waals surface area contributed by atoms with Crippen molar-refractivity contribution in [1.82, 2.24) is 14.5 Å². The molecule has 0 atom stereocenters. The first-order valence-corrected chi connectivity index (χ1v) is 9.11. The van der Waals surface area contributed by atoms with Gasteiger partial charge in [0.2, 0.25) is 0 Å². The lowest BCUT2D eigenvalue weighted by atomic mass is 10.1. The number of aromatic nitrogens is 3. The van der Waals surface area contributed by atoms with Crippen LogP contribution in [0.25, 0.3) is 22.3 Å². The van der Waals surface area contributed by atoms with Gasteiger partial charge in [-0.2, -0.15) is 0 Å². The highest BCUT2D eigenvalue weighted by Gasteiger charge is 2.16. The van der Waals surface area contributed by atoms with E-state index in [-0.39, 0.29) is 17.9 Å². The Balaban J connectivity index is 1.87. The standard InChI is InChI=1S/C21H14BrN3O2/c22-16-9-7-14(8-10-16)19(26)13-25-20(15-4-3-11-23-12-15)24-18-6-2-1-5-17(18)21(25)27/h1-12H,13H2. The zero-order valence-electron chi connectivity index (χ0n) is 14.2. The highest BCUT2D eigenvalue weighted by molar-refractivity contribution is 9.10. The van der Waals surface area contributed by atoms with Crippen molar-refractivity contribution in [2.24, 2.45) is 0 Å². The summed E-state index contributed by atoms with van der Waals surface area (Å²) in [6.45, 7) is -0.0947. The van der Waals surface area contributed by atoms with Crippen LogP contribution in [0.3, 0.4) is 0 Å². The topological polar surface area (TPSA) is 64.8 Å². The number of carbonyl (C=O) groups is 1. The maximum absolute atomic E-state index is 13.1. The molecule has 5 nitrogen and oxygen atoms in total. The Labute approximate surface area is 163 Å². The predicted molar refractivity (Wildman–Crippen MR) is 108 cm³/mol. The van der Waals surface area contributed by atoms with Crippen LogP contribution in [0.1, 0.15) is 10.4 Å². The van der Waals surface area contributed by atoms with Crippen LogP contribution in [-0.2, 0) is 6.54 Å². The third kappa shape index (κ3) is 3.44. The second-order valence-electron chi connectivity index (χ2n) is 6.02. The van der Waals surface area contributed by atoms with E-state index in [0.717, 1.165) is 4.47 Å². The summed E-state index contributed by atoms with van der Waals surface area (Å²) in [5.41, 5.74) is 1.57. The molecular formula is C21H14BrN3O2. The molecule has 2 heterocycles. The Morgan fingerprint density at radius 2 is 1.78 bits per heavy atom. The van der Waals surface area contributed by atoms with E-state index in [1.54, 1.807) is 60.9 Å². The summed E-state index contributed by atoms with van der Waals surface area (Å²) in [4.78, 5) is 34.6. The van der Waals surface area contributed by atoms with Gasteiger partial charge in [-0.3, -0.25) is 19.1 Å². The third-order valence-corrected chi connectivity index (χ3v) is 4.78. The Bertz CT molecular complexity index is 1190. The molecule has 6 heteroatoms. The predicted octanol–water partition coefficient (Wildman–Crippen LogP) is 4.10. The molecular weight excluding hydrogens is 406 g/mol. The van der Waals surface area contributed by atoms with Gasteiger partial charge in [-0.15, -0.1) is 0 Å². The van der Waals surface area contributed by atoms with Crippen molar-refractivity contribution in [3.63, 3.8) is 0 Å². The number of hydrogen-bond acceptors (Lipinski definition) is 4. The minimum absolute atomic E-state index is 0.0947. The quantitative estimate of drug-likeness (QED) is 0.467. The van der Waals surface area contributed by atoms with Gasteiger partial charge in [-0.05, 0) is 36.4 Å². The molecule has 0 saturated carbocycles. The normalized spacial score (nSPS) is 10.9. The van der Waals surface area contributed by atoms with Gasteiger partial charge in [0.15, 0.2) is 5.78 Å². The molecule has 0 saturated heterocycles. The van der Waals surface area contributed by atoms with Crippen molar-refractivity contribution in [2.75, 3.05) is 0 Å². The lowest BCUT2D eigenvalue weighted by molar-refractivity contribution is 0.0971. The number of ketones is 1. The van der Waals surface area contributed by atoms with E-state index >= 15 is 0 Å². The molecule has 0 fully saturated rings. The zero-order chi connectivity index (χ0) is 18.8. The van der Waals surface area contributed by atoms with E-state index in [1.807, 2.05) is 12.1 Å². The van der Waals surface area contributed by atoms with Gasteiger partial charge in [0.05, 0.1) is 17.4 Å². The number of benzene rings is 2. The second-order valence-corrected chi connectivity index (χ2v) is 6.93. The van der Waals surface area contributed by atoms with E-state index in [4.69, 9.17) is 0 Å². The van der Waals surface area contributed by atoms with E-state index in [1.165, 1.54) is 4.57 Å². The fourth-order valence-corrected chi connectivity index (χ4v) is 3.17. The van der Waals surface area contributed by atoms with Crippen molar-refractivity contribution in [3.05, 3.63) is 93.4 Å². The monoisotopic (exact) mass is 419 g/mol. The first kappa shape index (κ1) is 17.3. The molecule has 0 aliphatic rings. The second kappa shape index (κ2) is 7.25. The van der Waals surface area contributed by atoms with Gasteiger partial charge in [-0.1, -0.05) is 40.2 Å². The number of carbonyl (C=O) groups excluding carboxylic acids is 1. The molecule has 4 rings (SSSR count). The lowest BCUT2D eigenvalue weighted by Crippen LogP contribution is -2.27. The van der Waals surface area contributed by atoms with Gasteiger partial charge in [0.25, 0.3) is 5.56 Å². The van der Waals surface area contributed by atoms with Crippen molar-refractivity contribution >= 4 is 32.6 Å². The van der Waals surface area contributed by atoms with Gasteiger partial charge < -0.3 is 0 Å². The first-order valence-electron chi connectivity index (χ1n) is 8.32. The molecule has 0 radical (unpaired) electrons. The third-order valence-electron chi connectivity index (χ3n) is 4.25. The molecule has 2 aromatic heterocycles. The average Bonchev–Trinajstić information content (AvgIpc) is 2.71. The molecule has 0 unspecified atom stereocenters. The highest BCUT2D eigenvalue weighted by atomic mass is 79.9. The maximum Gasteiger partial charge on any atom is 0.262 e. The van der Waals surface area contributed by atoms with E-state index in [0.29, 0.717) is 27.9 Å². The molecule has 0 bridgehead atoms. The molecule has 0 amide bonds. The van der Waals surface area contributed by atoms with Crippen LogP contribution in [0.5, 0.6) is 0 Å². The molecule has 2 aromatic carbocycles. The number of pyridine rings is 1. The van der Waals surface area contributed by atoms with Crippen LogP contribution in [0.4, 0.5) is 0 Å². The smallest absolute Gasteiger partial charge is 0.262 e. The van der Waals surface area contributed by atoms with E-state index < -0.39 is 0 Å². The summed E-state index contributed by atoms with van der Waals surface area (Å²) in [5.74, 6) is 0.268. The highest BCUT2D eigenvalue weighted by Crippen LogP contribution is 2.19. The molecule has 0 aliphatic carbocycles. The Kier molecular flexibility index (Phi) is 4.64. The van der Waals surface area contributed by atoms with Gasteiger partial charge in [-0.25, -0.2) is 4.98 Å². The first-order chi connectivity index (χ1) is 13.1. The van der Waals surface area contributed by atoms with E-state index in [2.05, 4.69) is 25.9 Å². The van der Waals surface area contributed by atoms with Crippen molar-refractivity contribution in [1.29, 1.82) is 0 Å². The minimum atomic E-state index is -0.245. The number of rotatable bonds is 4. The van der Waals surface area contributed by atoms with E-state index in [9.17, 15) is 9.59 Å². The SMILES string of the molecule is O=C(Cn1c(-c2cccnc2)nc2ccccc2c1=O)c1ccc(Br)cc1. The molecule has 0 aliphatic heterocycles. The fraction of sp³-hybridized carbons (Fsp3) is 0.0476. The lowest BCUT2D eigenvalue weighted by Gasteiger charge is -2.13. The Morgan fingerprint density at radius 1 is 1.00 bits per heavy atom. The number of nitrogens with zero attached hydrogens (tertiary/aromatic N) is 3. The summed E-state index contributed by atoms with van der Waals surface area (Å²) < 4.78 is 2.31. The largest absolute Gasteiger partial charge is 0.292 e. The van der Waals surface area contributed by atoms with Crippen LogP contribution in [0.2, 0.25) is 0 Å². The van der Waals surface area contributed by atoms with Crippen LogP contribution in [0.15, 0.2) is 82.3 Å². The molecule has 27 heavy (non-hydrogen) atoms. The number of fused-ring (bicyclic) bond motifs is 1. The number of Topliss-reactive ketones (excluding diaryl/α,β-unsaturated/α-hetero) is 1. The zero-order valence-corrected chi connectivity index (χ0v) is 15.8. The van der Waals surface area contributed by atoms with Crippen molar-refractivity contribution in [3.8, 4) is 11.4 Å². The van der Waals surface area contributed by atoms with Crippen molar-refractivity contribution < 1.29 is 4.79 Å². The summed E-state index contributed by atoms with van der Waals surface area (Å²) in [6.07, 6.45) is 3.29. The summed E-state index contributed by atoms with van der Waals surface area (Å²) in [5, 5.41) is 0.480. The fourth-order valence-electron chi connectivity index (χ4n) is 2.90. The van der Waals surface area contributed by atoms with Crippen LogP contribution in [0, 0.1) is 0 Å². The Morgan fingerprint density at radius 3 is 2.52 bits per heavy atom. The van der Waals surface area contributed by atoms with Gasteiger partial charge in [0.1, 0.15) is 5.82 Å². The summed E-state index contributed by atoms with van der Waals surface area (Å²) in [7, 11) is 0. The molecule has 4 aromatic rings. The maximum atomic E-state index is 13.1. The number of halogens is 1. The average molecular weight is 420 g/mol. The molecule has 0 N–H and O–H groups in total. The van der Waals surface area contributed by atoms with Crippen molar-refractivity contribution in [2.45, 2.75) is 6.54 Å². The molecule has 0 spiro atoms. The van der Waals surface area contributed by atoms with Crippen LogP contribution >= 0.6 is 15.9 Å². The summed E-state index contributed by atoms with van der Waals surface area (Å²) >= 11 is 3.36. The molecule has 132 valence electrons. The minimum Gasteiger partial charge on any atom is -0.292 e. The summed E-state index contributed by atoms with van der Waals surface area (Å²) in [6, 6.07) is 17.8. The van der Waals surface area contributed by atoms with Gasteiger partial charge in [0, 0.05) is 28.0 Å². The Hall–Kier alpha value is -3.12. The van der Waals surface area contributed by atoms with Crippen LogP contribution in [-0.4, -0.2) is 20.3 Å². The van der Waals surface area contributed by atoms with Crippen LogP contribution < -0.4 is 5.56 Å². The number of hydrogen-bond donors (Lipinski definition) is 0.